The molecule has 0 rings (SSSR count). The average molecular weight is 911 g/mol. The minimum Gasteiger partial charge on any atom is -0.462 e. The molecule has 0 heterocycles. The minimum atomic E-state index is -0.830. The molecule has 0 spiro atoms. The Bertz CT molecular complexity index is 1460. The molecular formula is C60H94O6. The van der Waals surface area contributed by atoms with Crippen molar-refractivity contribution in [2.24, 2.45) is 0 Å². The van der Waals surface area contributed by atoms with Crippen LogP contribution in [0.15, 0.2) is 134 Å². The number of ether oxygens (including phenoxy) is 3. The molecular weight excluding hydrogens is 817 g/mol. The number of carbonyl (C=O) groups is 3. The molecule has 0 amide bonds. The van der Waals surface area contributed by atoms with Gasteiger partial charge < -0.3 is 14.2 Å². The van der Waals surface area contributed by atoms with E-state index in [0.29, 0.717) is 19.3 Å². The molecule has 0 saturated carbocycles. The summed E-state index contributed by atoms with van der Waals surface area (Å²) in [6.45, 7) is 6.27. The summed E-state index contributed by atoms with van der Waals surface area (Å²) in [4.78, 5) is 38.0. The number of rotatable bonds is 45. The highest BCUT2D eigenvalue weighted by Crippen LogP contribution is 2.12. The van der Waals surface area contributed by atoms with Crippen LogP contribution in [0.25, 0.3) is 0 Å². The van der Waals surface area contributed by atoms with Gasteiger partial charge in [0.2, 0.25) is 0 Å². The van der Waals surface area contributed by atoms with Crippen LogP contribution in [-0.2, 0) is 28.6 Å². The first-order chi connectivity index (χ1) is 32.5. The maximum atomic E-state index is 12.8. The van der Waals surface area contributed by atoms with Crippen molar-refractivity contribution < 1.29 is 28.6 Å². The summed E-state index contributed by atoms with van der Waals surface area (Å²) in [6, 6.07) is 0. The van der Waals surface area contributed by atoms with Gasteiger partial charge in [-0.3, -0.25) is 14.4 Å². The van der Waals surface area contributed by atoms with Gasteiger partial charge in [-0.1, -0.05) is 219 Å². The smallest absolute Gasteiger partial charge is 0.306 e. The lowest BCUT2D eigenvalue weighted by Crippen LogP contribution is -2.30. The van der Waals surface area contributed by atoms with Gasteiger partial charge in [0.1, 0.15) is 13.2 Å². The van der Waals surface area contributed by atoms with Crippen LogP contribution in [-0.4, -0.2) is 37.2 Å². The lowest BCUT2D eigenvalue weighted by molar-refractivity contribution is -0.167. The van der Waals surface area contributed by atoms with Gasteiger partial charge in [-0.15, -0.1) is 0 Å². The topological polar surface area (TPSA) is 78.9 Å². The van der Waals surface area contributed by atoms with Crippen LogP contribution < -0.4 is 0 Å². The predicted octanol–water partition coefficient (Wildman–Crippen LogP) is 17.5. The van der Waals surface area contributed by atoms with Crippen LogP contribution in [0.1, 0.15) is 207 Å². The number of allylic oxidation sites excluding steroid dienone is 22. The number of unbranched alkanes of at least 4 members (excludes halogenated alkanes) is 16. The largest absolute Gasteiger partial charge is 0.462 e. The molecule has 1 unspecified atom stereocenters. The van der Waals surface area contributed by atoms with E-state index in [4.69, 9.17) is 14.2 Å². The lowest BCUT2D eigenvalue weighted by Gasteiger charge is -2.18. The van der Waals surface area contributed by atoms with Crippen molar-refractivity contribution in [1.82, 2.24) is 0 Å². The molecule has 0 aromatic carbocycles. The molecule has 370 valence electrons. The van der Waals surface area contributed by atoms with Crippen molar-refractivity contribution in [3.8, 4) is 0 Å². The number of carbonyl (C=O) groups excluding carboxylic acids is 3. The van der Waals surface area contributed by atoms with Gasteiger partial charge in [0.15, 0.2) is 6.10 Å². The van der Waals surface area contributed by atoms with Gasteiger partial charge >= 0.3 is 17.9 Å². The Morgan fingerprint density at radius 3 is 1.12 bits per heavy atom. The molecule has 0 aromatic rings. The molecule has 0 saturated heterocycles. The van der Waals surface area contributed by atoms with E-state index in [1.54, 1.807) is 0 Å². The Hall–Kier alpha value is -4.45. The van der Waals surface area contributed by atoms with E-state index >= 15 is 0 Å². The highest BCUT2D eigenvalue weighted by atomic mass is 16.6. The Balaban J connectivity index is 4.57. The van der Waals surface area contributed by atoms with E-state index in [-0.39, 0.29) is 37.5 Å². The van der Waals surface area contributed by atoms with Gasteiger partial charge in [0, 0.05) is 19.3 Å². The number of hydrogen-bond acceptors (Lipinski definition) is 6. The first kappa shape index (κ1) is 61.5. The molecule has 0 N–H and O–H groups in total. The second-order valence-corrected chi connectivity index (χ2v) is 16.8. The van der Waals surface area contributed by atoms with E-state index < -0.39 is 6.10 Å². The Kier molecular flexibility index (Phi) is 49.6. The van der Waals surface area contributed by atoms with Crippen LogP contribution in [0.2, 0.25) is 0 Å². The van der Waals surface area contributed by atoms with E-state index in [1.807, 2.05) is 6.08 Å². The molecule has 0 bridgehead atoms. The van der Waals surface area contributed by atoms with Crippen LogP contribution >= 0.6 is 0 Å². The van der Waals surface area contributed by atoms with Crippen molar-refractivity contribution in [2.75, 3.05) is 13.2 Å². The SMILES string of the molecule is CC/C=C/C=C/C=C/CCCCCCCC(=O)OCC(COC(=O)CCCCCCC/C=C/C=C/C=C/CCCCCCC)OC(=O)CCC/C=C/C/C=C/C/C=C/C/C=C/C/C=C/CC. The molecule has 66 heavy (non-hydrogen) atoms. The fourth-order valence-corrected chi connectivity index (χ4v) is 6.60. The second kappa shape index (κ2) is 53.2. The molecule has 6 heteroatoms. The summed E-state index contributed by atoms with van der Waals surface area (Å²) in [7, 11) is 0. The third-order valence-electron chi connectivity index (χ3n) is 10.5. The molecule has 1 atom stereocenters. The summed E-state index contributed by atoms with van der Waals surface area (Å²) < 4.78 is 16.7. The van der Waals surface area contributed by atoms with Crippen molar-refractivity contribution in [3.63, 3.8) is 0 Å². The monoisotopic (exact) mass is 911 g/mol. The van der Waals surface area contributed by atoms with Gasteiger partial charge in [0.25, 0.3) is 0 Å². The maximum absolute atomic E-state index is 12.8. The summed E-state index contributed by atoms with van der Waals surface area (Å²) in [6.07, 6.45) is 74.4. The Morgan fingerprint density at radius 1 is 0.333 bits per heavy atom. The lowest BCUT2D eigenvalue weighted by atomic mass is 10.1. The Labute approximate surface area is 405 Å². The van der Waals surface area contributed by atoms with Crippen molar-refractivity contribution in [2.45, 2.75) is 213 Å². The first-order valence-electron chi connectivity index (χ1n) is 26.3. The van der Waals surface area contributed by atoms with Crippen molar-refractivity contribution in [3.05, 3.63) is 134 Å². The fourth-order valence-electron chi connectivity index (χ4n) is 6.60. The summed E-state index contributed by atoms with van der Waals surface area (Å²) >= 11 is 0. The molecule has 0 aliphatic heterocycles. The molecule has 0 aliphatic rings. The molecule has 0 fully saturated rings. The third-order valence-corrected chi connectivity index (χ3v) is 10.5. The number of esters is 3. The Morgan fingerprint density at radius 2 is 0.682 bits per heavy atom. The average Bonchev–Trinajstić information content (AvgIpc) is 3.31. The maximum Gasteiger partial charge on any atom is 0.306 e. The quantitative estimate of drug-likeness (QED) is 0.0199. The van der Waals surface area contributed by atoms with Gasteiger partial charge in [0.05, 0.1) is 0 Å². The summed E-state index contributed by atoms with van der Waals surface area (Å²) in [5.74, 6) is -1.03. The van der Waals surface area contributed by atoms with Crippen molar-refractivity contribution >= 4 is 17.9 Å². The standard InChI is InChI=1S/C60H94O6/c1-4-7-10-13-16-19-22-25-27-29-31-32-35-38-41-44-47-50-53-59(62)65-56-57(55-64-58(61)52-49-46-43-40-37-34-24-21-18-15-12-9-6-3)66-60(63)54-51-48-45-42-39-36-33-30-28-26-23-20-17-14-11-8-5-2/h8-9,11-12,15,17-18,20-22,24-29,31-33,36,42,45,57H,4-7,10,13-14,16,19,23,30,34-35,37-41,43-44,46-56H2,1-3H3/b11-8+,12-9+,18-15+,20-17+,24-21+,25-22+,28-26+,29-27+,32-31+,36-33+,45-42+. The van der Waals surface area contributed by atoms with E-state index in [9.17, 15) is 14.4 Å². The molecule has 6 nitrogen and oxygen atoms in total. The number of hydrogen-bond donors (Lipinski definition) is 0. The first-order valence-corrected chi connectivity index (χ1v) is 26.3. The van der Waals surface area contributed by atoms with Crippen molar-refractivity contribution in [1.29, 1.82) is 0 Å². The summed E-state index contributed by atoms with van der Waals surface area (Å²) in [5, 5.41) is 0. The van der Waals surface area contributed by atoms with Gasteiger partial charge in [-0.05, 0) is 103 Å². The second-order valence-electron chi connectivity index (χ2n) is 16.8. The zero-order chi connectivity index (χ0) is 47.9. The summed E-state index contributed by atoms with van der Waals surface area (Å²) in [5.41, 5.74) is 0. The van der Waals surface area contributed by atoms with E-state index in [1.165, 1.54) is 32.1 Å². The highest BCUT2D eigenvalue weighted by Gasteiger charge is 2.19. The normalized spacial score (nSPS) is 13.2. The minimum absolute atomic E-state index is 0.123. The van der Waals surface area contributed by atoms with E-state index in [2.05, 4.69) is 148 Å². The molecule has 0 aromatic heterocycles. The van der Waals surface area contributed by atoms with Gasteiger partial charge in [-0.25, -0.2) is 0 Å². The van der Waals surface area contributed by atoms with Crippen LogP contribution in [0, 0.1) is 0 Å². The highest BCUT2D eigenvalue weighted by molar-refractivity contribution is 5.71. The molecule has 0 radical (unpaired) electrons. The van der Waals surface area contributed by atoms with Crippen LogP contribution in [0.4, 0.5) is 0 Å². The van der Waals surface area contributed by atoms with Crippen LogP contribution in [0.3, 0.4) is 0 Å². The van der Waals surface area contributed by atoms with Gasteiger partial charge in [-0.2, -0.15) is 0 Å². The predicted molar refractivity (Wildman–Crippen MR) is 283 cm³/mol. The fraction of sp³-hybridized carbons (Fsp3) is 0.583. The zero-order valence-corrected chi connectivity index (χ0v) is 42.1. The van der Waals surface area contributed by atoms with Crippen LogP contribution in [0.5, 0.6) is 0 Å². The zero-order valence-electron chi connectivity index (χ0n) is 42.1. The van der Waals surface area contributed by atoms with E-state index in [0.717, 1.165) is 128 Å². The third kappa shape index (κ3) is 50.5. The molecule has 0 aliphatic carbocycles.